The zero-order chi connectivity index (χ0) is 9.94. The molecule has 8 heteroatoms. The Kier molecular flexibility index (Phi) is 6.05. The van der Waals surface area contributed by atoms with E-state index in [1.54, 1.807) is 0 Å². The Morgan fingerprint density at radius 3 is 2.23 bits per heavy atom. The van der Waals surface area contributed by atoms with E-state index in [1.807, 2.05) is 0 Å². The Labute approximate surface area is 78.9 Å². The van der Waals surface area contributed by atoms with Gasteiger partial charge >= 0.3 is 6.18 Å². The summed E-state index contributed by atoms with van der Waals surface area (Å²) in [5.74, 6) is -1.16. The molecule has 0 aliphatic carbocycles. The molecule has 0 rings (SSSR count). The third kappa shape index (κ3) is 6.62. The van der Waals surface area contributed by atoms with Gasteiger partial charge in [-0.05, 0) is 6.92 Å². The van der Waals surface area contributed by atoms with Crippen LogP contribution in [-0.4, -0.2) is 34.9 Å². The smallest absolute Gasteiger partial charge is 0.320 e. The molecule has 0 heterocycles. The van der Waals surface area contributed by atoms with Gasteiger partial charge in [0.05, 0.1) is 6.04 Å². The third-order valence-corrected chi connectivity index (χ3v) is 0.973. The lowest BCUT2D eigenvalue weighted by atomic mass is 10.3. The number of nitrogens with zero attached hydrogens (tertiary/aromatic N) is 1. The second kappa shape index (κ2) is 5.25. The van der Waals surface area contributed by atoms with E-state index >= 15 is 0 Å². The highest BCUT2D eigenvalue weighted by Crippen LogP contribution is 2.15. The van der Waals surface area contributed by atoms with E-state index in [1.165, 1.54) is 6.92 Å². The molecular weight excluding hydrogens is 213 g/mol. The number of carbonyl (C=O) groups is 1. The van der Waals surface area contributed by atoms with Crippen LogP contribution in [0, 0.1) is 0 Å². The number of rotatable bonds is 2. The summed E-state index contributed by atoms with van der Waals surface area (Å²) in [6, 6.07) is -1.14. The number of nitrogens with two attached hydrogens (primary N) is 1. The van der Waals surface area contributed by atoms with Crippen molar-refractivity contribution in [1.29, 1.82) is 0 Å². The molecule has 0 fully saturated rings. The highest BCUT2D eigenvalue weighted by Gasteiger charge is 2.33. The predicted molar refractivity (Wildman–Crippen MR) is 40.5 cm³/mol. The molecule has 1 amide bonds. The van der Waals surface area contributed by atoms with Gasteiger partial charge in [-0.25, -0.2) is 5.06 Å². The average Bonchev–Trinajstić information content (AvgIpc) is 1.82. The van der Waals surface area contributed by atoms with Gasteiger partial charge in [-0.15, -0.1) is 12.4 Å². The molecule has 0 aromatic heterocycles. The summed E-state index contributed by atoms with van der Waals surface area (Å²) in [6.45, 7) is -0.519. The van der Waals surface area contributed by atoms with Crippen LogP contribution in [0.4, 0.5) is 13.2 Å². The van der Waals surface area contributed by atoms with Crippen LogP contribution in [0.3, 0.4) is 0 Å². The summed E-state index contributed by atoms with van der Waals surface area (Å²) in [7, 11) is 0. The quantitative estimate of drug-likeness (QED) is 0.529. The number of hydroxylamine groups is 2. The van der Waals surface area contributed by atoms with E-state index in [-0.39, 0.29) is 12.4 Å². The number of carbonyl (C=O) groups excluding carboxylic acids is 1. The van der Waals surface area contributed by atoms with Crippen molar-refractivity contribution >= 4 is 18.3 Å². The minimum atomic E-state index is -4.61. The molecule has 0 aliphatic heterocycles. The van der Waals surface area contributed by atoms with Gasteiger partial charge in [-0.3, -0.25) is 10.0 Å². The molecule has 0 aromatic rings. The lowest BCUT2D eigenvalue weighted by Gasteiger charge is -2.18. The minimum Gasteiger partial charge on any atom is -0.320 e. The second-order valence-electron chi connectivity index (χ2n) is 2.30. The third-order valence-electron chi connectivity index (χ3n) is 0.973. The van der Waals surface area contributed by atoms with Crippen molar-refractivity contribution in [2.45, 2.75) is 19.1 Å². The monoisotopic (exact) mass is 222 g/mol. The fourth-order valence-corrected chi connectivity index (χ4v) is 0.483. The summed E-state index contributed by atoms with van der Waals surface area (Å²) < 4.78 is 34.6. The van der Waals surface area contributed by atoms with Crippen molar-refractivity contribution < 1.29 is 23.2 Å². The Morgan fingerprint density at radius 1 is 1.62 bits per heavy atom. The fraction of sp³-hybridized carbons (Fsp3) is 0.800. The van der Waals surface area contributed by atoms with Crippen LogP contribution in [0.15, 0.2) is 0 Å². The summed E-state index contributed by atoms with van der Waals surface area (Å²) >= 11 is 0. The van der Waals surface area contributed by atoms with Crippen LogP contribution in [0.25, 0.3) is 0 Å². The Hall–Kier alpha value is -0.530. The van der Waals surface area contributed by atoms with E-state index in [2.05, 4.69) is 0 Å². The maximum Gasteiger partial charge on any atom is 0.408 e. The normalized spacial score (nSPS) is 13.1. The van der Waals surface area contributed by atoms with E-state index < -0.39 is 29.7 Å². The van der Waals surface area contributed by atoms with Gasteiger partial charge in [-0.1, -0.05) is 0 Å². The predicted octanol–water partition coefficient (Wildman–Crippen LogP) is 0.535. The van der Waals surface area contributed by atoms with Gasteiger partial charge in [0.25, 0.3) is 5.91 Å². The minimum absolute atomic E-state index is 0. The zero-order valence-corrected chi connectivity index (χ0v) is 7.52. The SMILES string of the molecule is CC(N)C(=O)N(O)CC(F)(F)F.Cl. The first-order valence-corrected chi connectivity index (χ1v) is 3.06. The molecule has 0 aromatic carbocycles. The fourth-order valence-electron chi connectivity index (χ4n) is 0.483. The molecule has 0 saturated heterocycles. The molecule has 0 saturated carbocycles. The maximum absolute atomic E-state index is 11.5. The standard InChI is InChI=1S/C5H9F3N2O2.ClH/c1-3(9)4(11)10(12)2-5(6,7)8;/h3,12H,2,9H2,1H3;1H. The van der Waals surface area contributed by atoms with Crippen molar-refractivity contribution in [3.8, 4) is 0 Å². The largest absolute Gasteiger partial charge is 0.408 e. The zero-order valence-electron chi connectivity index (χ0n) is 6.71. The summed E-state index contributed by atoms with van der Waals surface area (Å²) in [6.07, 6.45) is -4.61. The first kappa shape index (κ1) is 15.0. The van der Waals surface area contributed by atoms with Crippen molar-refractivity contribution in [2.24, 2.45) is 5.73 Å². The van der Waals surface area contributed by atoms with Crippen LogP contribution < -0.4 is 5.73 Å². The van der Waals surface area contributed by atoms with E-state index in [0.717, 1.165) is 0 Å². The number of hydrogen-bond acceptors (Lipinski definition) is 3. The molecule has 80 valence electrons. The molecule has 0 aliphatic rings. The Morgan fingerprint density at radius 2 is 2.00 bits per heavy atom. The van der Waals surface area contributed by atoms with Crippen LogP contribution in [0.5, 0.6) is 0 Å². The van der Waals surface area contributed by atoms with E-state index in [0.29, 0.717) is 0 Å². The van der Waals surface area contributed by atoms with Gasteiger partial charge in [0.2, 0.25) is 0 Å². The molecule has 0 spiro atoms. The second-order valence-corrected chi connectivity index (χ2v) is 2.30. The number of halogens is 4. The number of amides is 1. The lowest BCUT2D eigenvalue weighted by molar-refractivity contribution is -0.213. The first-order valence-electron chi connectivity index (χ1n) is 3.06. The van der Waals surface area contributed by atoms with Gasteiger partial charge in [-0.2, -0.15) is 13.2 Å². The molecular formula is C5H10ClF3N2O2. The molecule has 1 unspecified atom stereocenters. The van der Waals surface area contributed by atoms with Gasteiger partial charge in [0.1, 0.15) is 6.54 Å². The highest BCUT2D eigenvalue weighted by atomic mass is 35.5. The Bertz CT molecular complexity index is 174. The van der Waals surface area contributed by atoms with Crippen LogP contribution in [0.1, 0.15) is 6.92 Å². The van der Waals surface area contributed by atoms with E-state index in [4.69, 9.17) is 10.9 Å². The van der Waals surface area contributed by atoms with Gasteiger partial charge in [0, 0.05) is 0 Å². The van der Waals surface area contributed by atoms with Crippen LogP contribution in [0.2, 0.25) is 0 Å². The molecule has 1 atom stereocenters. The molecule has 4 nitrogen and oxygen atoms in total. The summed E-state index contributed by atoms with van der Waals surface area (Å²) in [4.78, 5) is 10.6. The van der Waals surface area contributed by atoms with Gasteiger partial charge in [0.15, 0.2) is 0 Å². The van der Waals surface area contributed by atoms with Crippen LogP contribution >= 0.6 is 12.4 Å². The highest BCUT2D eigenvalue weighted by molar-refractivity contribution is 5.85. The molecule has 0 bridgehead atoms. The maximum atomic E-state index is 11.5. The summed E-state index contributed by atoms with van der Waals surface area (Å²) in [5.41, 5.74) is 4.94. The number of hydrogen-bond donors (Lipinski definition) is 2. The molecule has 3 N–H and O–H groups in total. The Balaban J connectivity index is 0. The lowest BCUT2D eigenvalue weighted by Crippen LogP contribution is -2.44. The van der Waals surface area contributed by atoms with Gasteiger partial charge < -0.3 is 5.73 Å². The number of alkyl halides is 3. The van der Waals surface area contributed by atoms with Crippen molar-refractivity contribution in [3.63, 3.8) is 0 Å². The van der Waals surface area contributed by atoms with E-state index in [9.17, 15) is 18.0 Å². The van der Waals surface area contributed by atoms with Crippen LogP contribution in [-0.2, 0) is 4.79 Å². The first-order chi connectivity index (χ1) is 5.24. The van der Waals surface area contributed by atoms with Crippen molar-refractivity contribution in [1.82, 2.24) is 5.06 Å². The average molecular weight is 223 g/mol. The summed E-state index contributed by atoms with van der Waals surface area (Å²) in [5, 5.41) is 8.07. The molecule has 0 radical (unpaired) electrons. The van der Waals surface area contributed by atoms with Crippen molar-refractivity contribution in [2.75, 3.05) is 6.54 Å². The van der Waals surface area contributed by atoms with Crippen molar-refractivity contribution in [3.05, 3.63) is 0 Å². The topological polar surface area (TPSA) is 66.6 Å². The molecule has 13 heavy (non-hydrogen) atoms.